The van der Waals surface area contributed by atoms with Crippen molar-refractivity contribution in [3.05, 3.63) is 11.8 Å². The van der Waals surface area contributed by atoms with E-state index in [1.165, 1.54) is 0 Å². The Morgan fingerprint density at radius 1 is 1.83 bits per heavy atom. The van der Waals surface area contributed by atoms with Gasteiger partial charge in [-0.1, -0.05) is 11.8 Å². The van der Waals surface area contributed by atoms with Crippen molar-refractivity contribution in [3.63, 3.8) is 0 Å². The first-order valence-electron chi connectivity index (χ1n) is 1.75. The molecule has 36 valence electrons. The second-order valence-corrected chi connectivity index (χ2v) is 1.75. The van der Waals surface area contributed by atoms with E-state index in [-0.39, 0.29) is 0 Å². The quantitative estimate of drug-likeness (QED) is 0.290. The van der Waals surface area contributed by atoms with E-state index >= 15 is 0 Å². The first-order chi connectivity index (χ1) is 2.77. The predicted molar refractivity (Wildman–Crippen MR) is 31.4 cm³/mol. The lowest BCUT2D eigenvalue weighted by atomic mass is 10.5. The second kappa shape index (κ2) is 3.50. The summed E-state index contributed by atoms with van der Waals surface area (Å²) in [4.78, 5) is 0. The van der Waals surface area contributed by atoms with E-state index in [2.05, 4.69) is 24.5 Å². The molecule has 2 radical (unpaired) electrons. The summed E-state index contributed by atoms with van der Waals surface area (Å²) < 4.78 is 0. The molecule has 0 rings (SSSR count). The minimum atomic E-state index is 0.984. The van der Waals surface area contributed by atoms with Gasteiger partial charge in [0, 0.05) is 0 Å². The maximum atomic E-state index is 3.22. The normalized spacial score (nSPS) is 10.0. The standard InChI is InChI=1S/C4H9NS/c1-4(6)3-5-2/h5H,6H2,1-2H3. The Hall–Kier alpha value is 0.310. The number of nitrogens with one attached hydrogen (secondary N) is 1. The van der Waals surface area contributed by atoms with Gasteiger partial charge in [-0.3, -0.25) is 0 Å². The molecule has 0 amide bonds. The zero-order valence-corrected chi connectivity index (χ0v) is 5.00. The van der Waals surface area contributed by atoms with Crippen LogP contribution in [-0.2, 0) is 12.6 Å². The lowest BCUT2D eigenvalue weighted by Crippen LogP contribution is -2.04. The van der Waals surface area contributed by atoms with E-state index in [1.54, 1.807) is 0 Å². The smallest absolute Gasteiger partial charge is 0.0186 e. The van der Waals surface area contributed by atoms with Crippen LogP contribution in [0.1, 0.15) is 6.92 Å². The van der Waals surface area contributed by atoms with E-state index in [1.807, 2.05) is 14.0 Å². The van der Waals surface area contributed by atoms with Crippen LogP contribution in [0.3, 0.4) is 0 Å². The molecule has 0 fully saturated rings. The van der Waals surface area contributed by atoms with Gasteiger partial charge in [-0.15, -0.1) is 6.92 Å². The molecule has 1 nitrogen and oxygen atoms in total. The van der Waals surface area contributed by atoms with E-state index < -0.39 is 0 Å². The summed E-state index contributed by atoms with van der Waals surface area (Å²) in [6, 6.07) is 0. The summed E-state index contributed by atoms with van der Waals surface area (Å²) >= 11 is 3.22. The Morgan fingerprint density at radius 3 is 2.33 bits per heavy atom. The van der Waals surface area contributed by atoms with Gasteiger partial charge in [0.25, 0.3) is 0 Å². The van der Waals surface area contributed by atoms with Crippen molar-refractivity contribution < 1.29 is 0 Å². The van der Waals surface area contributed by atoms with Crippen molar-refractivity contribution in [1.29, 1.82) is 0 Å². The molecule has 0 aromatic heterocycles. The van der Waals surface area contributed by atoms with Crippen LogP contribution in [-0.4, -0.2) is 7.05 Å². The molecular weight excluding hydrogens is 94.1 g/mol. The van der Waals surface area contributed by atoms with Crippen molar-refractivity contribution in [2.24, 2.45) is 0 Å². The SMILES string of the molecule is CN[C][C-](C)[SH2+]. The third-order valence-electron chi connectivity index (χ3n) is 0.312. The molecule has 1 N–H and O–H groups in total. The second-order valence-electron chi connectivity index (χ2n) is 1.00. The Kier molecular flexibility index (Phi) is 3.68. The molecule has 0 aliphatic heterocycles. The molecule has 0 heterocycles. The Balaban J connectivity index is 2.63. The molecule has 0 saturated carbocycles. The summed E-state index contributed by atoms with van der Waals surface area (Å²) in [6.45, 7) is 4.70. The third-order valence-corrected chi connectivity index (χ3v) is 0.438. The summed E-state index contributed by atoms with van der Waals surface area (Å²) in [5.74, 6) is 0. The highest BCUT2D eigenvalue weighted by molar-refractivity contribution is 7.62. The van der Waals surface area contributed by atoms with Crippen molar-refractivity contribution in [2.75, 3.05) is 7.05 Å². The van der Waals surface area contributed by atoms with Gasteiger partial charge in [0.2, 0.25) is 0 Å². The zero-order chi connectivity index (χ0) is 4.99. The molecule has 0 unspecified atom stereocenters. The largest absolute Gasteiger partial charge is 0.340 e. The van der Waals surface area contributed by atoms with E-state index in [4.69, 9.17) is 0 Å². The Labute approximate surface area is 44.5 Å². The summed E-state index contributed by atoms with van der Waals surface area (Å²) in [7, 11) is 1.81. The van der Waals surface area contributed by atoms with Crippen LogP contribution in [0, 0.1) is 11.8 Å². The molecule has 0 aromatic carbocycles. The lowest BCUT2D eigenvalue weighted by Gasteiger charge is -2.04. The topological polar surface area (TPSA) is 12.0 Å². The van der Waals surface area contributed by atoms with Gasteiger partial charge in [0.1, 0.15) is 0 Å². The van der Waals surface area contributed by atoms with Crippen molar-refractivity contribution in [2.45, 2.75) is 6.92 Å². The highest BCUT2D eigenvalue weighted by Gasteiger charge is 1.78. The van der Waals surface area contributed by atoms with Gasteiger partial charge in [0.15, 0.2) is 0 Å². The van der Waals surface area contributed by atoms with Crippen LogP contribution < -0.4 is 5.32 Å². The number of hydrogen-bond donors (Lipinski definition) is 1. The molecule has 2 heteroatoms. The van der Waals surface area contributed by atoms with Gasteiger partial charge in [-0.25, -0.2) is 0 Å². The van der Waals surface area contributed by atoms with Crippen LogP contribution in [0.15, 0.2) is 0 Å². The summed E-state index contributed by atoms with van der Waals surface area (Å²) in [5.41, 5.74) is 0. The maximum absolute atomic E-state index is 3.22. The van der Waals surface area contributed by atoms with E-state index in [0.29, 0.717) is 0 Å². The van der Waals surface area contributed by atoms with Crippen molar-refractivity contribution in [3.8, 4) is 0 Å². The molecule has 0 aliphatic rings. The number of hydrogen-bond acceptors (Lipinski definition) is 1. The molecule has 0 saturated heterocycles. The van der Waals surface area contributed by atoms with Gasteiger partial charge < -0.3 is 5.32 Å². The third kappa shape index (κ3) is 4.31. The van der Waals surface area contributed by atoms with Gasteiger partial charge >= 0.3 is 0 Å². The average molecular weight is 103 g/mol. The predicted octanol–water partition coefficient (Wildman–Crippen LogP) is -0.192. The molecule has 0 aromatic rings. The molecular formula is C4H9NS. The molecule has 6 heavy (non-hydrogen) atoms. The van der Waals surface area contributed by atoms with Gasteiger partial charge in [-0.2, -0.15) is 12.6 Å². The van der Waals surface area contributed by atoms with Crippen LogP contribution in [0.2, 0.25) is 0 Å². The van der Waals surface area contributed by atoms with Crippen molar-refractivity contribution >= 4 is 12.6 Å². The summed E-state index contributed by atoms with van der Waals surface area (Å²) in [6.07, 6.45) is 0. The minimum absolute atomic E-state index is 0.984. The molecule has 0 bridgehead atoms. The van der Waals surface area contributed by atoms with E-state index in [9.17, 15) is 0 Å². The first-order valence-corrected chi connectivity index (χ1v) is 2.25. The molecule has 0 atom stereocenters. The van der Waals surface area contributed by atoms with Crippen LogP contribution in [0.4, 0.5) is 0 Å². The fraction of sp³-hybridized carbons (Fsp3) is 0.500. The fourth-order valence-corrected chi connectivity index (χ4v) is 0.312. The van der Waals surface area contributed by atoms with Crippen LogP contribution in [0.5, 0.6) is 0 Å². The van der Waals surface area contributed by atoms with Gasteiger partial charge in [0.05, 0.1) is 0 Å². The number of rotatable bonds is 2. The Bertz CT molecular complexity index is 28.7. The molecule has 0 aliphatic carbocycles. The van der Waals surface area contributed by atoms with Crippen molar-refractivity contribution in [1.82, 2.24) is 5.32 Å². The first kappa shape index (κ1) is 6.31. The van der Waals surface area contributed by atoms with Crippen LogP contribution >= 0.6 is 0 Å². The fourth-order valence-electron chi connectivity index (χ4n) is 0.188. The highest BCUT2D eigenvalue weighted by atomic mass is 32.1. The van der Waals surface area contributed by atoms with Gasteiger partial charge in [-0.05, 0) is 7.05 Å². The lowest BCUT2D eigenvalue weighted by molar-refractivity contribution is 0.977. The van der Waals surface area contributed by atoms with E-state index in [0.717, 1.165) is 5.25 Å². The average Bonchev–Trinajstić information content (AvgIpc) is 1.35. The molecule has 0 spiro atoms. The highest BCUT2D eigenvalue weighted by Crippen LogP contribution is 1.91. The maximum Gasteiger partial charge on any atom is -0.0186 e. The Morgan fingerprint density at radius 2 is 2.33 bits per heavy atom. The monoisotopic (exact) mass is 103 g/mol. The summed E-state index contributed by atoms with van der Waals surface area (Å²) in [5, 5.41) is 3.72. The zero-order valence-electron chi connectivity index (χ0n) is 4.00. The minimum Gasteiger partial charge on any atom is -0.340 e. The van der Waals surface area contributed by atoms with Crippen LogP contribution in [0.25, 0.3) is 0 Å².